The van der Waals surface area contributed by atoms with E-state index in [1.165, 1.54) is 11.3 Å². The summed E-state index contributed by atoms with van der Waals surface area (Å²) in [7, 11) is 0. The Morgan fingerprint density at radius 3 is 2.83 bits per heavy atom. The molecule has 1 aliphatic rings. The minimum atomic E-state index is 0.341. The van der Waals surface area contributed by atoms with Gasteiger partial charge in [0.2, 0.25) is 4.47 Å². The van der Waals surface area contributed by atoms with E-state index in [2.05, 4.69) is 15.1 Å². The standard InChI is InChI=1S/C6H9ClN4S/c7-6-10-9-5(12-6)3-11-1-4(8)2-11/h4H,1-3,8H2. The third kappa shape index (κ3) is 1.74. The average Bonchev–Trinajstić information content (AvgIpc) is 2.33. The summed E-state index contributed by atoms with van der Waals surface area (Å²) in [6, 6.07) is 0.341. The first-order valence-corrected chi connectivity index (χ1v) is 4.89. The molecular weight excluding hydrogens is 196 g/mol. The van der Waals surface area contributed by atoms with Crippen molar-refractivity contribution in [3.8, 4) is 0 Å². The molecule has 6 heteroatoms. The van der Waals surface area contributed by atoms with Crippen molar-refractivity contribution in [1.29, 1.82) is 0 Å². The van der Waals surface area contributed by atoms with E-state index in [0.717, 1.165) is 24.6 Å². The highest BCUT2D eigenvalue weighted by atomic mass is 35.5. The molecule has 2 N–H and O–H groups in total. The van der Waals surface area contributed by atoms with E-state index in [1.807, 2.05) is 0 Å². The molecule has 0 atom stereocenters. The van der Waals surface area contributed by atoms with E-state index in [0.29, 0.717) is 10.5 Å². The van der Waals surface area contributed by atoms with Gasteiger partial charge in [0.15, 0.2) is 0 Å². The Morgan fingerprint density at radius 1 is 1.58 bits per heavy atom. The molecule has 1 saturated heterocycles. The van der Waals surface area contributed by atoms with E-state index < -0.39 is 0 Å². The van der Waals surface area contributed by atoms with Crippen LogP contribution in [0.3, 0.4) is 0 Å². The van der Waals surface area contributed by atoms with Crippen LogP contribution in [0.25, 0.3) is 0 Å². The molecule has 0 saturated carbocycles. The number of nitrogens with two attached hydrogens (primary N) is 1. The molecule has 2 rings (SSSR count). The fraction of sp³-hybridized carbons (Fsp3) is 0.667. The second kappa shape index (κ2) is 3.26. The van der Waals surface area contributed by atoms with Crippen LogP contribution in [0.15, 0.2) is 0 Å². The molecule has 1 aromatic rings. The summed E-state index contributed by atoms with van der Waals surface area (Å²) in [5, 5.41) is 8.60. The molecule has 1 aromatic heterocycles. The molecule has 0 spiro atoms. The largest absolute Gasteiger partial charge is 0.325 e. The summed E-state index contributed by atoms with van der Waals surface area (Å²) in [6.07, 6.45) is 0. The zero-order chi connectivity index (χ0) is 8.55. The Balaban J connectivity index is 1.88. The lowest BCUT2D eigenvalue weighted by atomic mass is 10.1. The summed E-state index contributed by atoms with van der Waals surface area (Å²) in [5.41, 5.74) is 5.63. The first-order valence-electron chi connectivity index (χ1n) is 3.70. The Bertz CT molecular complexity index is 270. The Morgan fingerprint density at radius 2 is 2.33 bits per heavy atom. The molecule has 4 nitrogen and oxygen atoms in total. The van der Waals surface area contributed by atoms with Crippen LogP contribution in [0, 0.1) is 0 Å². The lowest BCUT2D eigenvalue weighted by Gasteiger charge is -2.35. The van der Waals surface area contributed by atoms with Crippen molar-refractivity contribution in [2.75, 3.05) is 13.1 Å². The average molecular weight is 205 g/mol. The molecular formula is C6H9ClN4S. The molecule has 0 bridgehead atoms. The monoisotopic (exact) mass is 204 g/mol. The molecule has 0 amide bonds. The van der Waals surface area contributed by atoms with Crippen LogP contribution in [-0.4, -0.2) is 34.2 Å². The first-order chi connectivity index (χ1) is 5.74. The van der Waals surface area contributed by atoms with Crippen LogP contribution in [0.4, 0.5) is 0 Å². The van der Waals surface area contributed by atoms with E-state index in [9.17, 15) is 0 Å². The second-order valence-corrected chi connectivity index (χ2v) is 4.55. The number of aromatic nitrogens is 2. The molecule has 0 unspecified atom stereocenters. The quantitative estimate of drug-likeness (QED) is 0.755. The van der Waals surface area contributed by atoms with Gasteiger partial charge in [-0.2, -0.15) is 0 Å². The second-order valence-electron chi connectivity index (χ2n) is 2.90. The molecule has 0 aliphatic carbocycles. The van der Waals surface area contributed by atoms with Crippen LogP contribution >= 0.6 is 22.9 Å². The predicted molar refractivity (Wildman–Crippen MR) is 48.2 cm³/mol. The summed E-state index contributed by atoms with van der Waals surface area (Å²) in [6.45, 7) is 2.74. The van der Waals surface area contributed by atoms with Crippen LogP contribution in [0.5, 0.6) is 0 Å². The van der Waals surface area contributed by atoms with Gasteiger partial charge >= 0.3 is 0 Å². The van der Waals surface area contributed by atoms with Crippen molar-refractivity contribution >= 4 is 22.9 Å². The van der Waals surface area contributed by atoms with Gasteiger partial charge in [-0.3, -0.25) is 4.90 Å². The van der Waals surface area contributed by atoms with Crippen LogP contribution in [0.2, 0.25) is 4.47 Å². The Hall–Kier alpha value is -0.230. The van der Waals surface area contributed by atoms with Crippen LogP contribution in [0.1, 0.15) is 5.01 Å². The highest BCUT2D eigenvalue weighted by Gasteiger charge is 2.23. The molecule has 2 heterocycles. The van der Waals surface area contributed by atoms with Gasteiger partial charge in [0.05, 0.1) is 6.54 Å². The van der Waals surface area contributed by atoms with Gasteiger partial charge in [-0.25, -0.2) is 0 Å². The van der Waals surface area contributed by atoms with E-state index in [-0.39, 0.29) is 0 Å². The van der Waals surface area contributed by atoms with E-state index in [4.69, 9.17) is 17.3 Å². The van der Waals surface area contributed by atoms with Gasteiger partial charge < -0.3 is 5.73 Å². The van der Waals surface area contributed by atoms with Gasteiger partial charge in [0, 0.05) is 19.1 Å². The molecule has 66 valence electrons. The van der Waals surface area contributed by atoms with Crippen molar-refractivity contribution < 1.29 is 0 Å². The van der Waals surface area contributed by atoms with Crippen molar-refractivity contribution in [2.24, 2.45) is 5.73 Å². The first kappa shape index (κ1) is 8.37. The van der Waals surface area contributed by atoms with Gasteiger partial charge in [0.25, 0.3) is 0 Å². The number of likely N-dealkylation sites (tertiary alicyclic amines) is 1. The summed E-state index contributed by atoms with van der Waals surface area (Å²) in [5.74, 6) is 0. The zero-order valence-corrected chi connectivity index (χ0v) is 7.98. The van der Waals surface area contributed by atoms with Crippen molar-refractivity contribution in [3.05, 3.63) is 9.47 Å². The molecule has 0 radical (unpaired) electrons. The summed E-state index contributed by atoms with van der Waals surface area (Å²) in [4.78, 5) is 2.22. The van der Waals surface area contributed by atoms with Crippen molar-refractivity contribution in [2.45, 2.75) is 12.6 Å². The smallest absolute Gasteiger partial charge is 0.207 e. The lowest BCUT2D eigenvalue weighted by molar-refractivity contribution is 0.142. The zero-order valence-electron chi connectivity index (χ0n) is 6.40. The number of halogens is 1. The van der Waals surface area contributed by atoms with Crippen LogP contribution < -0.4 is 5.73 Å². The number of hydrogen-bond donors (Lipinski definition) is 1. The van der Waals surface area contributed by atoms with Gasteiger partial charge in [-0.05, 0) is 11.6 Å². The number of rotatable bonds is 2. The summed E-state index contributed by atoms with van der Waals surface area (Å²) < 4.78 is 0.509. The van der Waals surface area contributed by atoms with Crippen molar-refractivity contribution in [3.63, 3.8) is 0 Å². The van der Waals surface area contributed by atoms with E-state index in [1.54, 1.807) is 0 Å². The highest BCUT2D eigenvalue weighted by molar-refractivity contribution is 7.15. The predicted octanol–water partition coefficient (Wildman–Crippen LogP) is 0.334. The third-order valence-corrected chi connectivity index (χ3v) is 2.79. The van der Waals surface area contributed by atoms with Gasteiger partial charge in [-0.15, -0.1) is 10.2 Å². The maximum atomic E-state index is 5.64. The fourth-order valence-corrected chi connectivity index (χ4v) is 2.14. The lowest BCUT2D eigenvalue weighted by Crippen LogP contribution is -2.54. The van der Waals surface area contributed by atoms with E-state index >= 15 is 0 Å². The normalized spacial score (nSPS) is 19.5. The van der Waals surface area contributed by atoms with Crippen LogP contribution in [-0.2, 0) is 6.54 Å². The summed E-state index contributed by atoms with van der Waals surface area (Å²) >= 11 is 7.06. The fourth-order valence-electron chi connectivity index (χ4n) is 1.23. The van der Waals surface area contributed by atoms with Crippen molar-refractivity contribution in [1.82, 2.24) is 15.1 Å². The molecule has 12 heavy (non-hydrogen) atoms. The molecule has 0 aromatic carbocycles. The maximum Gasteiger partial charge on any atom is 0.207 e. The number of nitrogens with zero attached hydrogens (tertiary/aromatic N) is 3. The minimum absolute atomic E-state index is 0.341. The van der Waals surface area contributed by atoms with Gasteiger partial charge in [0.1, 0.15) is 5.01 Å². The van der Waals surface area contributed by atoms with Gasteiger partial charge in [-0.1, -0.05) is 11.3 Å². The molecule has 1 aliphatic heterocycles. The topological polar surface area (TPSA) is 55.0 Å². The Labute approximate surface area is 79.3 Å². The third-order valence-electron chi connectivity index (χ3n) is 1.79. The Kier molecular flexibility index (Phi) is 2.27. The highest BCUT2D eigenvalue weighted by Crippen LogP contribution is 2.18. The number of hydrogen-bond acceptors (Lipinski definition) is 5. The molecule has 1 fully saturated rings. The SMILES string of the molecule is NC1CN(Cc2nnc(Cl)s2)C1. The maximum absolute atomic E-state index is 5.64. The minimum Gasteiger partial charge on any atom is -0.325 e.